The van der Waals surface area contributed by atoms with Gasteiger partial charge in [-0.3, -0.25) is 4.79 Å². The highest BCUT2D eigenvalue weighted by Crippen LogP contribution is 2.34. The molecule has 9 heteroatoms. The van der Waals surface area contributed by atoms with Crippen LogP contribution in [0.2, 0.25) is 5.02 Å². The number of fused-ring (bicyclic) bond motifs is 1. The van der Waals surface area contributed by atoms with Gasteiger partial charge in [0.05, 0.1) is 17.4 Å². The number of aryl methyl sites for hydroxylation is 1. The minimum atomic E-state index is -0.135. The molecule has 0 spiro atoms. The van der Waals surface area contributed by atoms with Crippen molar-refractivity contribution in [2.45, 2.75) is 18.9 Å². The van der Waals surface area contributed by atoms with E-state index in [-0.39, 0.29) is 11.6 Å². The minimum Gasteiger partial charge on any atom is -0.346 e. The lowest BCUT2D eigenvalue weighted by Crippen LogP contribution is -2.23. The highest BCUT2D eigenvalue weighted by molar-refractivity contribution is 6.31. The second kappa shape index (κ2) is 7.83. The van der Waals surface area contributed by atoms with E-state index < -0.39 is 0 Å². The Bertz CT molecular complexity index is 1510. The number of imidazole rings is 1. The van der Waals surface area contributed by atoms with Gasteiger partial charge in [-0.1, -0.05) is 35.9 Å². The Kier molecular flexibility index (Phi) is 4.66. The molecule has 2 aromatic carbocycles. The molecule has 1 radical (unpaired) electrons. The number of hydrogen-bond donors (Lipinski definition) is 1. The largest absolute Gasteiger partial charge is 0.346 e. The number of aromatic amines is 1. The average molecular weight is 455 g/mol. The van der Waals surface area contributed by atoms with Crippen LogP contribution >= 0.6 is 11.6 Å². The third-order valence-electron chi connectivity index (χ3n) is 5.93. The summed E-state index contributed by atoms with van der Waals surface area (Å²) in [6.07, 6.45) is 4.96. The van der Waals surface area contributed by atoms with Crippen LogP contribution < -0.4 is 5.56 Å². The topological polar surface area (TPSA) is 94.3 Å². The maximum absolute atomic E-state index is 13.3. The quantitative estimate of drug-likeness (QED) is 0.445. The van der Waals surface area contributed by atoms with Crippen molar-refractivity contribution in [2.75, 3.05) is 0 Å². The highest BCUT2D eigenvalue weighted by atomic mass is 35.5. The van der Waals surface area contributed by atoms with Crippen molar-refractivity contribution >= 4 is 11.6 Å². The lowest BCUT2D eigenvalue weighted by atomic mass is 10.0. The van der Waals surface area contributed by atoms with Gasteiger partial charge in [-0.2, -0.15) is 4.68 Å². The molecule has 0 amide bonds. The third kappa shape index (κ3) is 3.44. The van der Waals surface area contributed by atoms with Gasteiger partial charge in [0.15, 0.2) is 0 Å². The van der Waals surface area contributed by atoms with Crippen LogP contribution in [0.5, 0.6) is 0 Å². The molecule has 1 atom stereocenters. The predicted molar refractivity (Wildman–Crippen MR) is 123 cm³/mol. The molecule has 1 aliphatic rings. The summed E-state index contributed by atoms with van der Waals surface area (Å²) in [4.78, 5) is 21.3. The first-order valence-electron chi connectivity index (χ1n) is 10.5. The van der Waals surface area contributed by atoms with Crippen LogP contribution in [0, 0.1) is 6.07 Å². The number of halogens is 1. The maximum Gasteiger partial charge on any atom is 0.252 e. The third-order valence-corrected chi connectivity index (χ3v) is 6.16. The summed E-state index contributed by atoms with van der Waals surface area (Å²) in [5.41, 5.74) is 5.05. The monoisotopic (exact) mass is 454 g/mol. The Morgan fingerprint density at radius 3 is 2.79 bits per heavy atom. The van der Waals surface area contributed by atoms with Crippen LogP contribution in [0.1, 0.15) is 24.0 Å². The first kappa shape index (κ1) is 19.6. The first-order valence-corrected chi connectivity index (χ1v) is 10.9. The van der Waals surface area contributed by atoms with Crippen LogP contribution in [0.4, 0.5) is 0 Å². The molecule has 8 nitrogen and oxygen atoms in total. The van der Waals surface area contributed by atoms with Gasteiger partial charge in [-0.15, -0.1) is 5.10 Å². The normalized spacial score (nSPS) is 15.0. The Morgan fingerprint density at radius 1 is 1.09 bits per heavy atom. The predicted octanol–water partition coefficient (Wildman–Crippen LogP) is 3.87. The first-order chi connectivity index (χ1) is 16.2. The number of aromatic nitrogens is 7. The molecule has 6 rings (SSSR count). The van der Waals surface area contributed by atoms with Crippen molar-refractivity contribution in [1.29, 1.82) is 0 Å². The molecule has 0 aliphatic carbocycles. The van der Waals surface area contributed by atoms with Gasteiger partial charge in [0, 0.05) is 34.1 Å². The number of pyridine rings is 1. The summed E-state index contributed by atoms with van der Waals surface area (Å²) in [6.45, 7) is 0. The van der Waals surface area contributed by atoms with Crippen molar-refractivity contribution in [2.24, 2.45) is 0 Å². The van der Waals surface area contributed by atoms with E-state index in [0.717, 1.165) is 52.4 Å². The highest BCUT2D eigenvalue weighted by Gasteiger charge is 2.28. The van der Waals surface area contributed by atoms with Crippen molar-refractivity contribution < 1.29 is 0 Å². The molecule has 4 heterocycles. The summed E-state index contributed by atoms with van der Waals surface area (Å²) >= 11 is 6.28. The molecule has 3 aromatic heterocycles. The number of hydrogen-bond acceptors (Lipinski definition) is 5. The molecule has 1 N–H and O–H groups in total. The molecular weight excluding hydrogens is 438 g/mol. The van der Waals surface area contributed by atoms with Crippen LogP contribution in [0.3, 0.4) is 0 Å². The van der Waals surface area contributed by atoms with Crippen molar-refractivity contribution in [3.63, 3.8) is 0 Å². The second-order valence-electron chi connectivity index (χ2n) is 7.87. The lowest BCUT2D eigenvalue weighted by Gasteiger charge is -2.15. The zero-order valence-electron chi connectivity index (χ0n) is 17.3. The van der Waals surface area contributed by atoms with E-state index in [0.29, 0.717) is 5.02 Å². The van der Waals surface area contributed by atoms with Gasteiger partial charge in [-0.25, -0.2) is 4.98 Å². The molecule has 161 valence electrons. The van der Waals surface area contributed by atoms with E-state index >= 15 is 0 Å². The number of nitrogens with one attached hydrogen (secondary N) is 1. The smallest absolute Gasteiger partial charge is 0.252 e. The summed E-state index contributed by atoms with van der Waals surface area (Å²) in [6, 6.07) is 19.7. The van der Waals surface area contributed by atoms with Crippen molar-refractivity contribution in [3.05, 3.63) is 100 Å². The summed E-state index contributed by atoms with van der Waals surface area (Å²) in [5, 5.41) is 12.0. The van der Waals surface area contributed by atoms with Gasteiger partial charge in [0.25, 0.3) is 5.56 Å². The Labute approximate surface area is 193 Å². The molecule has 0 fully saturated rings. The van der Waals surface area contributed by atoms with Crippen molar-refractivity contribution in [3.8, 4) is 28.1 Å². The zero-order valence-corrected chi connectivity index (χ0v) is 18.1. The minimum absolute atomic E-state index is 0.0834. The summed E-state index contributed by atoms with van der Waals surface area (Å²) in [7, 11) is 0. The molecule has 0 saturated heterocycles. The van der Waals surface area contributed by atoms with E-state index in [4.69, 9.17) is 16.6 Å². The lowest BCUT2D eigenvalue weighted by molar-refractivity contribution is 0.572. The molecule has 5 aromatic rings. The standard InChI is InChI=1S/C24H17ClN7O/c25-17-6-8-21(31-14-27-29-30-31)19(12-17)16-10-18-7-9-22(32(18)23(33)11-16)24-26-13-20(28-24)15-4-2-1-3-5-15/h2-6,8,10-14,22H,7,9H2,(H,26,28). The molecule has 0 saturated carbocycles. The Hall–Kier alpha value is -4.04. The fourth-order valence-corrected chi connectivity index (χ4v) is 4.61. The van der Waals surface area contributed by atoms with Gasteiger partial charge < -0.3 is 9.55 Å². The number of rotatable bonds is 4. The molecule has 33 heavy (non-hydrogen) atoms. The SMILES string of the molecule is O=c1cc(-c2cc(Cl)ccc2-n2cnnn2)cc2n1C(c1nc(-c3cc[c]cc3)c[nH]1)CC2. The van der Waals surface area contributed by atoms with Crippen LogP contribution in [-0.4, -0.2) is 34.7 Å². The van der Waals surface area contributed by atoms with Crippen LogP contribution in [-0.2, 0) is 6.42 Å². The number of tetrazole rings is 1. The van der Waals surface area contributed by atoms with E-state index in [1.165, 1.54) is 6.33 Å². The van der Waals surface area contributed by atoms with Gasteiger partial charge >= 0.3 is 0 Å². The fourth-order valence-electron chi connectivity index (χ4n) is 4.43. The maximum atomic E-state index is 13.3. The van der Waals surface area contributed by atoms with Gasteiger partial charge in [0.1, 0.15) is 12.2 Å². The van der Waals surface area contributed by atoms with Gasteiger partial charge in [0.2, 0.25) is 0 Å². The van der Waals surface area contributed by atoms with Gasteiger partial charge in [-0.05, 0) is 59.2 Å². The summed E-state index contributed by atoms with van der Waals surface area (Å²) < 4.78 is 3.39. The Balaban J connectivity index is 1.40. The number of H-pyrrole nitrogens is 1. The molecule has 1 aliphatic heterocycles. The van der Waals surface area contributed by atoms with Crippen LogP contribution in [0.25, 0.3) is 28.1 Å². The molecule has 1 unspecified atom stereocenters. The van der Waals surface area contributed by atoms with Crippen LogP contribution in [0.15, 0.2) is 71.9 Å². The Morgan fingerprint density at radius 2 is 1.97 bits per heavy atom. The van der Waals surface area contributed by atoms with E-state index in [1.54, 1.807) is 16.8 Å². The van der Waals surface area contributed by atoms with Crippen molar-refractivity contribution in [1.82, 2.24) is 34.7 Å². The fraction of sp³-hybridized carbons (Fsp3) is 0.125. The van der Waals surface area contributed by atoms with E-state index in [1.807, 2.05) is 53.2 Å². The zero-order chi connectivity index (χ0) is 22.4. The summed E-state index contributed by atoms with van der Waals surface area (Å²) in [5.74, 6) is 0.781. The molecular formula is C24H17ClN7O. The molecule has 0 bridgehead atoms. The number of benzene rings is 2. The number of nitrogens with zero attached hydrogens (tertiary/aromatic N) is 6. The van der Waals surface area contributed by atoms with E-state index in [2.05, 4.69) is 26.6 Å². The van der Waals surface area contributed by atoms with E-state index in [9.17, 15) is 4.79 Å². The second-order valence-corrected chi connectivity index (χ2v) is 8.31. The average Bonchev–Trinajstić information content (AvgIpc) is 3.60.